The van der Waals surface area contributed by atoms with E-state index in [0.717, 1.165) is 0 Å². The molecule has 0 aliphatic rings. The molecule has 0 fully saturated rings. The van der Waals surface area contributed by atoms with Crippen LogP contribution in [0.5, 0.6) is 0 Å². The van der Waals surface area contributed by atoms with Crippen molar-refractivity contribution in [1.82, 2.24) is 10.6 Å². The Bertz CT molecular complexity index is 1310. The predicted molar refractivity (Wildman–Crippen MR) is 197 cm³/mol. The van der Waals surface area contributed by atoms with Gasteiger partial charge in [0.25, 0.3) is 17.7 Å². The van der Waals surface area contributed by atoms with E-state index in [-0.39, 0.29) is 46.8 Å². The minimum absolute atomic E-state index is 0.128. The maximum absolute atomic E-state index is 13.6. The second-order valence-corrected chi connectivity index (χ2v) is 14.2. The molecule has 11 N–H and O–H groups in total. The molecule has 18 heteroatoms. The van der Waals surface area contributed by atoms with E-state index in [1.807, 2.05) is 136 Å². The number of amides is 3. The Morgan fingerprint density at radius 2 is 0.974 bits per heavy atom. The molecule has 0 saturated carbocycles. The molecule has 39 heavy (non-hydrogen) atoms. The van der Waals surface area contributed by atoms with Gasteiger partial charge in [-0.2, -0.15) is 0 Å². The zero-order chi connectivity index (χ0) is 29.8. The van der Waals surface area contributed by atoms with Crippen LogP contribution >= 0.6 is 136 Å². The van der Waals surface area contributed by atoms with Gasteiger partial charge in [0.05, 0.1) is 77.0 Å². The summed E-state index contributed by atoms with van der Waals surface area (Å²) in [6.45, 7) is -1.45. The predicted octanol–water partition coefficient (Wildman–Crippen LogP) is 1.90. The van der Waals surface area contributed by atoms with Crippen LogP contribution in [0.1, 0.15) is 31.1 Å². The standard InChI is InChI=1S/C21H21I6N5O7/c22-10-7(19(37)30-1-5(35)3-33)11(23)16(28)12(24)8(10)21(39)32-18-14(26)9(13(25)17(29)15(18)27)20(38)31-2-6(36)4-34/h5-6,33-36H,1-4,28-29H2,(H,30,37)(H,31,38)(H,32,39). The monoisotopic (exact) mass is 1220 g/mol. The van der Waals surface area contributed by atoms with Gasteiger partial charge in [-0.3, -0.25) is 14.4 Å². The Morgan fingerprint density at radius 3 is 1.38 bits per heavy atom. The van der Waals surface area contributed by atoms with Crippen molar-refractivity contribution < 1.29 is 34.8 Å². The van der Waals surface area contributed by atoms with Crippen LogP contribution in [0.3, 0.4) is 0 Å². The Hall–Kier alpha value is 0.670. The largest absolute Gasteiger partial charge is 0.397 e. The molecule has 2 aromatic carbocycles. The molecule has 214 valence electrons. The van der Waals surface area contributed by atoms with Crippen molar-refractivity contribution in [3.05, 3.63) is 38.1 Å². The lowest BCUT2D eigenvalue weighted by Gasteiger charge is -2.20. The van der Waals surface area contributed by atoms with Crippen LogP contribution in [0.2, 0.25) is 0 Å². The van der Waals surface area contributed by atoms with E-state index in [9.17, 15) is 24.6 Å². The Labute approximate surface area is 304 Å². The van der Waals surface area contributed by atoms with Crippen LogP contribution in [-0.2, 0) is 0 Å². The van der Waals surface area contributed by atoms with E-state index in [2.05, 4.69) is 16.0 Å². The van der Waals surface area contributed by atoms with Gasteiger partial charge in [0.2, 0.25) is 0 Å². The molecular formula is C21H21I6N5O7. The summed E-state index contributed by atoms with van der Waals surface area (Å²) in [5.41, 5.74) is 13.7. The zero-order valence-electron chi connectivity index (χ0n) is 19.4. The number of benzene rings is 2. The van der Waals surface area contributed by atoms with Gasteiger partial charge in [-0.25, -0.2) is 0 Å². The van der Waals surface area contributed by atoms with E-state index < -0.39 is 43.1 Å². The summed E-state index contributed by atoms with van der Waals surface area (Å²) < 4.78 is 2.46. The number of hydrogen-bond acceptors (Lipinski definition) is 9. The van der Waals surface area contributed by atoms with E-state index in [1.54, 1.807) is 0 Å². The quantitative estimate of drug-likeness (QED) is 0.125. The summed E-state index contributed by atoms with van der Waals surface area (Å²) in [5.74, 6) is -1.74. The molecule has 2 rings (SSSR count). The van der Waals surface area contributed by atoms with E-state index in [0.29, 0.717) is 21.4 Å². The number of aliphatic hydroxyl groups is 4. The van der Waals surface area contributed by atoms with E-state index in [1.165, 1.54) is 0 Å². The second-order valence-electron chi connectivity index (χ2n) is 7.76. The molecule has 0 aliphatic carbocycles. The van der Waals surface area contributed by atoms with Crippen molar-refractivity contribution in [2.75, 3.05) is 43.1 Å². The first-order valence-electron chi connectivity index (χ1n) is 10.6. The SMILES string of the molecule is Nc1c(I)c(NC(=O)c2c(I)c(N)c(I)c(C(=O)NCC(O)CO)c2I)c(I)c(C(=O)NCC(O)CO)c1I. The van der Waals surface area contributed by atoms with Gasteiger partial charge in [-0.05, 0) is 136 Å². The van der Waals surface area contributed by atoms with Crippen molar-refractivity contribution in [2.45, 2.75) is 12.2 Å². The normalized spacial score (nSPS) is 12.6. The number of anilines is 3. The van der Waals surface area contributed by atoms with Gasteiger partial charge in [0, 0.05) is 16.7 Å². The third kappa shape index (κ3) is 8.40. The fourth-order valence-corrected chi connectivity index (χ4v) is 11.0. The summed E-state index contributed by atoms with van der Waals surface area (Å²) in [4.78, 5) is 39.5. The topological polar surface area (TPSA) is 220 Å². The van der Waals surface area contributed by atoms with Crippen molar-refractivity contribution in [3.63, 3.8) is 0 Å². The molecule has 12 nitrogen and oxygen atoms in total. The third-order valence-electron chi connectivity index (χ3n) is 5.04. The van der Waals surface area contributed by atoms with Crippen LogP contribution in [0, 0.1) is 21.4 Å². The number of aliphatic hydroxyl groups excluding tert-OH is 4. The smallest absolute Gasteiger partial charge is 0.257 e. The number of nitrogen functional groups attached to an aromatic ring is 2. The number of nitrogens with one attached hydrogen (secondary N) is 3. The first-order valence-corrected chi connectivity index (χ1v) is 17.0. The average Bonchev–Trinajstić information content (AvgIpc) is 2.90. The van der Waals surface area contributed by atoms with E-state index in [4.69, 9.17) is 21.7 Å². The minimum Gasteiger partial charge on any atom is -0.397 e. The summed E-state index contributed by atoms with van der Waals surface area (Å²) in [7, 11) is 0. The lowest BCUT2D eigenvalue weighted by Crippen LogP contribution is -2.35. The van der Waals surface area contributed by atoms with Crippen molar-refractivity contribution >= 4 is 170 Å². The highest BCUT2D eigenvalue weighted by Crippen LogP contribution is 2.39. The molecule has 2 atom stereocenters. The summed E-state index contributed by atoms with van der Waals surface area (Å²) in [5, 5.41) is 45.1. The molecule has 3 amide bonds. The van der Waals surface area contributed by atoms with Crippen molar-refractivity contribution in [1.29, 1.82) is 0 Å². The highest BCUT2D eigenvalue weighted by molar-refractivity contribution is 14.1. The number of carbonyl (C=O) groups excluding carboxylic acids is 3. The van der Waals surface area contributed by atoms with Gasteiger partial charge < -0.3 is 47.8 Å². The number of rotatable bonds is 10. The Kier molecular flexibility index (Phi) is 14.7. The fraction of sp³-hybridized carbons (Fsp3) is 0.286. The third-order valence-corrected chi connectivity index (χ3v) is 11.7. The molecule has 0 radical (unpaired) electrons. The Balaban J connectivity index is 2.57. The van der Waals surface area contributed by atoms with Gasteiger partial charge in [-0.1, -0.05) is 0 Å². The van der Waals surface area contributed by atoms with Crippen LogP contribution in [0.15, 0.2) is 0 Å². The van der Waals surface area contributed by atoms with Crippen LogP contribution in [-0.4, -0.2) is 76.7 Å². The minimum atomic E-state index is -1.15. The fourth-order valence-electron chi connectivity index (χ4n) is 2.98. The lowest BCUT2D eigenvalue weighted by atomic mass is 10.1. The highest BCUT2D eigenvalue weighted by Gasteiger charge is 2.30. The molecule has 0 spiro atoms. The first kappa shape index (κ1) is 35.9. The average molecular weight is 1220 g/mol. The highest BCUT2D eigenvalue weighted by atomic mass is 127. The maximum atomic E-state index is 13.6. The molecule has 0 aromatic heterocycles. The van der Waals surface area contributed by atoms with Crippen molar-refractivity contribution in [2.24, 2.45) is 0 Å². The molecule has 2 unspecified atom stereocenters. The molecule has 0 aliphatic heterocycles. The van der Waals surface area contributed by atoms with Gasteiger partial charge in [0.1, 0.15) is 0 Å². The second kappa shape index (κ2) is 15.9. The number of carbonyl (C=O) groups is 3. The molecule has 0 bridgehead atoms. The maximum Gasteiger partial charge on any atom is 0.257 e. The summed E-state index contributed by atoms with van der Waals surface area (Å²) in [6.07, 6.45) is -2.29. The van der Waals surface area contributed by atoms with Crippen LogP contribution in [0.25, 0.3) is 0 Å². The van der Waals surface area contributed by atoms with Crippen LogP contribution in [0.4, 0.5) is 17.1 Å². The van der Waals surface area contributed by atoms with Crippen LogP contribution < -0.4 is 27.4 Å². The Morgan fingerprint density at radius 1 is 0.615 bits per heavy atom. The molecule has 0 saturated heterocycles. The van der Waals surface area contributed by atoms with Gasteiger partial charge in [-0.15, -0.1) is 0 Å². The number of nitrogens with two attached hydrogens (primary N) is 2. The summed E-state index contributed by atoms with van der Waals surface area (Å²) in [6, 6.07) is 0. The molecule has 2 aromatic rings. The lowest BCUT2D eigenvalue weighted by molar-refractivity contribution is 0.0797. The number of hydrogen-bond donors (Lipinski definition) is 9. The molecule has 0 heterocycles. The van der Waals surface area contributed by atoms with E-state index >= 15 is 0 Å². The number of halogens is 6. The molecular weight excluding hydrogens is 1200 g/mol. The zero-order valence-corrected chi connectivity index (χ0v) is 32.4. The summed E-state index contributed by atoms with van der Waals surface area (Å²) >= 11 is 11.5. The van der Waals surface area contributed by atoms with Crippen molar-refractivity contribution in [3.8, 4) is 0 Å². The first-order chi connectivity index (χ1) is 18.2. The van der Waals surface area contributed by atoms with Gasteiger partial charge >= 0.3 is 0 Å². The van der Waals surface area contributed by atoms with Gasteiger partial charge in [0.15, 0.2) is 0 Å².